The first-order valence-corrected chi connectivity index (χ1v) is 7.53. The van der Waals surface area contributed by atoms with Crippen LogP contribution in [0.4, 0.5) is 5.69 Å². The fourth-order valence-corrected chi connectivity index (χ4v) is 3.67. The number of rotatable bonds is 2. The quantitative estimate of drug-likeness (QED) is 0.872. The Labute approximate surface area is 117 Å². The van der Waals surface area contributed by atoms with Gasteiger partial charge in [0.2, 0.25) is 0 Å². The predicted molar refractivity (Wildman–Crippen MR) is 80.1 cm³/mol. The van der Waals surface area contributed by atoms with Crippen LogP contribution in [-0.4, -0.2) is 5.91 Å². The molecule has 0 bridgehead atoms. The third-order valence-electron chi connectivity index (χ3n) is 3.50. The number of carbonyl (C=O) groups excluding carboxylic acids is 1. The number of amides is 1. The average Bonchev–Trinajstić information content (AvgIpc) is 2.82. The van der Waals surface area contributed by atoms with E-state index in [1.54, 1.807) is 11.3 Å². The van der Waals surface area contributed by atoms with Crippen LogP contribution in [0, 0.1) is 6.92 Å². The van der Waals surface area contributed by atoms with Gasteiger partial charge in [-0.2, -0.15) is 0 Å². The van der Waals surface area contributed by atoms with E-state index in [1.807, 2.05) is 31.2 Å². The summed E-state index contributed by atoms with van der Waals surface area (Å²) in [5.74, 6) is 0.0185. The molecule has 3 heteroatoms. The van der Waals surface area contributed by atoms with E-state index >= 15 is 0 Å². The molecule has 1 N–H and O–H groups in total. The standard InChI is InChI=1S/C16H17NOS/c1-11-5-4-7-13(9-11)17-16(18)15-10-12-6-2-3-8-14(12)19-15/h4-5,7,9-10H,2-3,6,8H2,1H3,(H,17,18). The van der Waals surface area contributed by atoms with Crippen molar-refractivity contribution >= 4 is 22.9 Å². The number of anilines is 1. The highest BCUT2D eigenvalue weighted by atomic mass is 32.1. The van der Waals surface area contributed by atoms with Crippen molar-refractivity contribution in [3.05, 3.63) is 51.2 Å². The summed E-state index contributed by atoms with van der Waals surface area (Å²) < 4.78 is 0. The molecule has 0 radical (unpaired) electrons. The largest absolute Gasteiger partial charge is 0.321 e. The first-order valence-electron chi connectivity index (χ1n) is 6.72. The summed E-state index contributed by atoms with van der Waals surface area (Å²) in [6.07, 6.45) is 4.77. The Bertz CT molecular complexity index is 591. The fraction of sp³-hybridized carbons (Fsp3) is 0.312. The number of hydrogen-bond acceptors (Lipinski definition) is 2. The Morgan fingerprint density at radius 3 is 2.84 bits per heavy atom. The van der Waals surface area contributed by atoms with Gasteiger partial charge in [0.15, 0.2) is 0 Å². The van der Waals surface area contributed by atoms with Gasteiger partial charge in [0.25, 0.3) is 5.91 Å². The molecule has 1 heterocycles. The lowest BCUT2D eigenvalue weighted by molar-refractivity contribution is 0.103. The third-order valence-corrected chi connectivity index (χ3v) is 4.73. The van der Waals surface area contributed by atoms with Crippen molar-refractivity contribution in [3.8, 4) is 0 Å². The van der Waals surface area contributed by atoms with Gasteiger partial charge in [-0.25, -0.2) is 0 Å². The Morgan fingerprint density at radius 2 is 2.05 bits per heavy atom. The van der Waals surface area contributed by atoms with Gasteiger partial charge >= 0.3 is 0 Å². The summed E-state index contributed by atoms with van der Waals surface area (Å²) in [7, 11) is 0. The lowest BCUT2D eigenvalue weighted by atomic mass is 9.99. The van der Waals surface area contributed by atoms with Crippen LogP contribution in [0.1, 0.15) is 38.5 Å². The molecule has 98 valence electrons. The Kier molecular flexibility index (Phi) is 3.38. The van der Waals surface area contributed by atoms with Crippen LogP contribution < -0.4 is 5.32 Å². The number of fused-ring (bicyclic) bond motifs is 1. The minimum Gasteiger partial charge on any atom is -0.321 e. The number of thiophene rings is 1. The normalized spacial score (nSPS) is 13.9. The van der Waals surface area contributed by atoms with Gasteiger partial charge in [0.1, 0.15) is 0 Å². The maximum Gasteiger partial charge on any atom is 0.265 e. The van der Waals surface area contributed by atoms with E-state index in [9.17, 15) is 4.79 Å². The molecule has 1 aliphatic carbocycles. The molecule has 0 fully saturated rings. The first kappa shape index (κ1) is 12.4. The molecule has 2 aromatic rings. The second kappa shape index (κ2) is 5.17. The molecule has 0 saturated carbocycles. The van der Waals surface area contributed by atoms with Crippen LogP contribution >= 0.6 is 11.3 Å². The van der Waals surface area contributed by atoms with E-state index in [0.717, 1.165) is 29.0 Å². The second-order valence-electron chi connectivity index (χ2n) is 5.09. The van der Waals surface area contributed by atoms with Gasteiger partial charge in [0.05, 0.1) is 4.88 Å². The molecule has 2 nitrogen and oxygen atoms in total. The highest BCUT2D eigenvalue weighted by Crippen LogP contribution is 2.30. The molecule has 1 amide bonds. The van der Waals surface area contributed by atoms with E-state index < -0.39 is 0 Å². The summed E-state index contributed by atoms with van der Waals surface area (Å²) >= 11 is 1.65. The highest BCUT2D eigenvalue weighted by Gasteiger charge is 2.17. The van der Waals surface area contributed by atoms with Crippen LogP contribution in [0.5, 0.6) is 0 Å². The lowest BCUT2D eigenvalue weighted by Crippen LogP contribution is -2.10. The smallest absolute Gasteiger partial charge is 0.265 e. The fourth-order valence-electron chi connectivity index (χ4n) is 2.52. The molecule has 1 aromatic carbocycles. The summed E-state index contributed by atoms with van der Waals surface area (Å²) in [5.41, 5.74) is 3.41. The summed E-state index contributed by atoms with van der Waals surface area (Å²) in [6, 6.07) is 9.98. The van der Waals surface area contributed by atoms with Crippen molar-refractivity contribution in [2.24, 2.45) is 0 Å². The van der Waals surface area contributed by atoms with E-state index in [1.165, 1.54) is 23.3 Å². The highest BCUT2D eigenvalue weighted by molar-refractivity contribution is 7.14. The summed E-state index contributed by atoms with van der Waals surface area (Å²) in [6.45, 7) is 2.03. The van der Waals surface area contributed by atoms with Crippen LogP contribution in [0.3, 0.4) is 0 Å². The van der Waals surface area contributed by atoms with Gasteiger partial charge in [-0.15, -0.1) is 11.3 Å². The zero-order valence-electron chi connectivity index (χ0n) is 11.0. The minimum absolute atomic E-state index is 0.0185. The maximum atomic E-state index is 12.2. The molecule has 19 heavy (non-hydrogen) atoms. The van der Waals surface area contributed by atoms with Crippen LogP contribution in [0.15, 0.2) is 30.3 Å². The van der Waals surface area contributed by atoms with E-state index in [-0.39, 0.29) is 5.91 Å². The number of carbonyl (C=O) groups is 1. The number of nitrogens with one attached hydrogen (secondary N) is 1. The Balaban J connectivity index is 1.78. The van der Waals surface area contributed by atoms with Crippen molar-refractivity contribution < 1.29 is 4.79 Å². The lowest BCUT2D eigenvalue weighted by Gasteiger charge is -2.08. The molecular formula is C16H17NOS. The molecular weight excluding hydrogens is 254 g/mol. The maximum absolute atomic E-state index is 12.2. The molecule has 0 aliphatic heterocycles. The van der Waals surface area contributed by atoms with E-state index in [0.29, 0.717) is 0 Å². The number of aryl methyl sites for hydroxylation is 3. The zero-order chi connectivity index (χ0) is 13.2. The SMILES string of the molecule is Cc1cccc(NC(=O)c2cc3c(s2)CCCC3)c1. The van der Waals surface area contributed by atoms with Crippen molar-refractivity contribution in [3.63, 3.8) is 0 Å². The van der Waals surface area contributed by atoms with Crippen LogP contribution in [0.25, 0.3) is 0 Å². The zero-order valence-corrected chi connectivity index (χ0v) is 11.8. The van der Waals surface area contributed by atoms with Crippen molar-refractivity contribution in [1.82, 2.24) is 0 Å². The van der Waals surface area contributed by atoms with Crippen LogP contribution in [-0.2, 0) is 12.8 Å². The Morgan fingerprint density at radius 1 is 1.21 bits per heavy atom. The molecule has 0 unspecified atom stereocenters. The molecule has 0 spiro atoms. The average molecular weight is 271 g/mol. The number of benzene rings is 1. The van der Waals surface area contributed by atoms with Crippen molar-refractivity contribution in [2.45, 2.75) is 32.6 Å². The van der Waals surface area contributed by atoms with Gasteiger partial charge in [0, 0.05) is 10.6 Å². The van der Waals surface area contributed by atoms with Gasteiger partial charge in [-0.05, 0) is 61.9 Å². The van der Waals surface area contributed by atoms with Crippen molar-refractivity contribution in [2.75, 3.05) is 5.32 Å². The summed E-state index contributed by atoms with van der Waals surface area (Å²) in [5, 5.41) is 2.98. The first-order chi connectivity index (χ1) is 9.22. The molecule has 0 saturated heterocycles. The minimum atomic E-state index is 0.0185. The third kappa shape index (κ3) is 2.71. The van der Waals surface area contributed by atoms with Gasteiger partial charge < -0.3 is 5.32 Å². The molecule has 1 aliphatic rings. The van der Waals surface area contributed by atoms with Gasteiger partial charge in [-0.3, -0.25) is 4.79 Å². The summed E-state index contributed by atoms with van der Waals surface area (Å²) in [4.78, 5) is 14.5. The molecule has 3 rings (SSSR count). The van der Waals surface area contributed by atoms with E-state index in [4.69, 9.17) is 0 Å². The topological polar surface area (TPSA) is 29.1 Å². The molecule has 0 atom stereocenters. The monoisotopic (exact) mass is 271 g/mol. The Hall–Kier alpha value is -1.61. The van der Waals surface area contributed by atoms with Crippen LogP contribution in [0.2, 0.25) is 0 Å². The van der Waals surface area contributed by atoms with Gasteiger partial charge in [-0.1, -0.05) is 12.1 Å². The number of hydrogen-bond donors (Lipinski definition) is 1. The molecule has 1 aromatic heterocycles. The second-order valence-corrected chi connectivity index (χ2v) is 6.23. The van der Waals surface area contributed by atoms with Crippen molar-refractivity contribution in [1.29, 1.82) is 0 Å². The van der Waals surface area contributed by atoms with E-state index in [2.05, 4.69) is 11.4 Å². The predicted octanol–water partition coefficient (Wildman–Crippen LogP) is 4.19.